The van der Waals surface area contributed by atoms with Crippen LogP contribution >= 0.6 is 11.8 Å². The number of thioether (sulfide) groups is 1. The Morgan fingerprint density at radius 1 is 1.24 bits per heavy atom. The average molecular weight is 260 g/mol. The summed E-state index contributed by atoms with van der Waals surface area (Å²) in [7, 11) is 0. The first-order valence-electron chi connectivity index (χ1n) is 6.20. The molecule has 0 bridgehead atoms. The molecule has 17 heavy (non-hydrogen) atoms. The van der Waals surface area contributed by atoms with E-state index >= 15 is 0 Å². The molecule has 0 aliphatic rings. The van der Waals surface area contributed by atoms with Gasteiger partial charge in [-0.1, -0.05) is 33.6 Å². The molecule has 2 atom stereocenters. The number of primary amides is 2. The summed E-state index contributed by atoms with van der Waals surface area (Å²) in [5.41, 5.74) is 10.8. The Kier molecular flexibility index (Phi) is 7.27. The van der Waals surface area contributed by atoms with E-state index in [4.69, 9.17) is 11.5 Å². The van der Waals surface area contributed by atoms with Crippen molar-refractivity contribution in [3.05, 3.63) is 0 Å². The molecular weight excluding hydrogens is 236 g/mol. The third-order valence-corrected chi connectivity index (χ3v) is 5.01. The van der Waals surface area contributed by atoms with Crippen molar-refractivity contribution < 1.29 is 9.59 Å². The van der Waals surface area contributed by atoms with Gasteiger partial charge in [-0.25, -0.2) is 0 Å². The lowest BCUT2D eigenvalue weighted by Gasteiger charge is -2.31. The van der Waals surface area contributed by atoms with E-state index in [2.05, 4.69) is 6.92 Å². The SMILES string of the molecule is CCCCC(CC)(SC(CC)C(N)=O)C(N)=O. The molecular formula is C12H24N2O2S. The summed E-state index contributed by atoms with van der Waals surface area (Å²) in [6, 6.07) is 0. The predicted octanol–water partition coefficient (Wildman–Crippen LogP) is 1.81. The van der Waals surface area contributed by atoms with Gasteiger partial charge in [0.1, 0.15) is 0 Å². The minimum atomic E-state index is -0.647. The van der Waals surface area contributed by atoms with E-state index < -0.39 is 4.75 Å². The van der Waals surface area contributed by atoms with Crippen LogP contribution in [0.4, 0.5) is 0 Å². The monoisotopic (exact) mass is 260 g/mol. The second-order valence-corrected chi connectivity index (χ2v) is 5.82. The molecule has 0 aromatic heterocycles. The van der Waals surface area contributed by atoms with E-state index in [9.17, 15) is 9.59 Å². The summed E-state index contributed by atoms with van der Waals surface area (Å²) < 4.78 is -0.647. The van der Waals surface area contributed by atoms with Crippen molar-refractivity contribution in [3.8, 4) is 0 Å². The van der Waals surface area contributed by atoms with Crippen LogP contribution in [-0.2, 0) is 9.59 Å². The van der Waals surface area contributed by atoms with Crippen LogP contribution in [0.25, 0.3) is 0 Å². The number of nitrogens with two attached hydrogens (primary N) is 2. The third-order valence-electron chi connectivity index (χ3n) is 3.01. The van der Waals surface area contributed by atoms with Gasteiger partial charge >= 0.3 is 0 Å². The number of hydrogen-bond acceptors (Lipinski definition) is 3. The molecule has 5 heteroatoms. The summed E-state index contributed by atoms with van der Waals surface area (Å²) >= 11 is 1.34. The number of hydrogen-bond donors (Lipinski definition) is 2. The zero-order valence-electron chi connectivity index (χ0n) is 11.0. The maximum atomic E-state index is 11.7. The molecule has 0 spiro atoms. The Bertz CT molecular complexity index is 271. The van der Waals surface area contributed by atoms with E-state index in [1.54, 1.807) is 0 Å². The van der Waals surface area contributed by atoms with Crippen LogP contribution in [0, 0.1) is 0 Å². The predicted molar refractivity (Wildman–Crippen MR) is 72.6 cm³/mol. The second kappa shape index (κ2) is 7.58. The summed E-state index contributed by atoms with van der Waals surface area (Å²) in [4.78, 5) is 23.0. The summed E-state index contributed by atoms with van der Waals surface area (Å²) in [6.45, 7) is 5.89. The van der Waals surface area contributed by atoms with Crippen LogP contribution in [0.5, 0.6) is 0 Å². The molecule has 2 unspecified atom stereocenters. The lowest BCUT2D eigenvalue weighted by atomic mass is 9.97. The highest BCUT2D eigenvalue weighted by Crippen LogP contribution is 2.38. The van der Waals surface area contributed by atoms with Gasteiger partial charge in [0.15, 0.2) is 0 Å². The minimum Gasteiger partial charge on any atom is -0.369 e. The lowest BCUT2D eigenvalue weighted by Crippen LogP contribution is -2.43. The second-order valence-electron chi connectivity index (χ2n) is 4.23. The molecule has 0 fully saturated rings. The number of carbonyl (C=O) groups is 2. The van der Waals surface area contributed by atoms with Gasteiger partial charge in [-0.2, -0.15) is 0 Å². The number of carbonyl (C=O) groups excluding carboxylic acids is 2. The van der Waals surface area contributed by atoms with Gasteiger partial charge in [0.05, 0.1) is 10.00 Å². The first-order valence-corrected chi connectivity index (χ1v) is 7.08. The zero-order chi connectivity index (χ0) is 13.5. The Labute approximate surface area is 108 Å². The molecule has 0 aromatic rings. The number of rotatable bonds is 9. The molecule has 4 nitrogen and oxygen atoms in total. The van der Waals surface area contributed by atoms with Gasteiger partial charge in [0.25, 0.3) is 0 Å². The van der Waals surface area contributed by atoms with Gasteiger partial charge in [-0.3, -0.25) is 9.59 Å². The molecule has 2 amide bonds. The van der Waals surface area contributed by atoms with Gasteiger partial charge in [0.2, 0.25) is 11.8 Å². The molecule has 0 rings (SSSR count). The van der Waals surface area contributed by atoms with Crippen LogP contribution in [0.3, 0.4) is 0 Å². The Morgan fingerprint density at radius 2 is 1.82 bits per heavy atom. The Balaban J connectivity index is 4.89. The van der Waals surface area contributed by atoms with Crippen LogP contribution in [-0.4, -0.2) is 21.8 Å². The highest BCUT2D eigenvalue weighted by atomic mass is 32.2. The fourth-order valence-electron chi connectivity index (χ4n) is 1.75. The van der Waals surface area contributed by atoms with Crippen molar-refractivity contribution in [2.45, 2.75) is 62.9 Å². The fraction of sp³-hybridized carbons (Fsp3) is 0.833. The molecule has 0 aromatic carbocycles. The van der Waals surface area contributed by atoms with E-state index in [1.807, 2.05) is 13.8 Å². The van der Waals surface area contributed by atoms with Crippen molar-refractivity contribution in [2.24, 2.45) is 11.5 Å². The highest BCUT2D eigenvalue weighted by Gasteiger charge is 2.38. The van der Waals surface area contributed by atoms with E-state index in [1.165, 1.54) is 11.8 Å². The van der Waals surface area contributed by atoms with E-state index in [0.29, 0.717) is 19.3 Å². The maximum Gasteiger partial charge on any atom is 0.233 e. The quantitative estimate of drug-likeness (QED) is 0.663. The summed E-state index contributed by atoms with van der Waals surface area (Å²) in [5.74, 6) is -0.703. The number of amides is 2. The maximum absolute atomic E-state index is 11.7. The molecule has 0 saturated carbocycles. The Morgan fingerprint density at radius 3 is 2.12 bits per heavy atom. The molecule has 0 heterocycles. The lowest BCUT2D eigenvalue weighted by molar-refractivity contribution is -0.120. The number of unbranched alkanes of at least 4 members (excludes halogenated alkanes) is 1. The smallest absolute Gasteiger partial charge is 0.233 e. The standard InChI is InChI=1S/C12H24N2O2S/c1-4-7-8-12(6-3,11(14)16)17-9(5-2)10(13)15/h9H,4-8H2,1-3H3,(H2,13,15)(H2,14,16). The van der Waals surface area contributed by atoms with Gasteiger partial charge in [0, 0.05) is 0 Å². The van der Waals surface area contributed by atoms with Crippen molar-refractivity contribution >= 4 is 23.6 Å². The first-order chi connectivity index (χ1) is 7.93. The topological polar surface area (TPSA) is 86.2 Å². The van der Waals surface area contributed by atoms with E-state index in [0.717, 1.165) is 12.8 Å². The summed E-state index contributed by atoms with van der Waals surface area (Å²) in [6.07, 6.45) is 3.91. The van der Waals surface area contributed by atoms with Crippen LogP contribution in [0.2, 0.25) is 0 Å². The molecule has 0 saturated heterocycles. The minimum absolute atomic E-state index is 0.334. The van der Waals surface area contributed by atoms with Gasteiger partial charge in [-0.05, 0) is 19.3 Å². The zero-order valence-corrected chi connectivity index (χ0v) is 11.8. The fourth-order valence-corrected chi connectivity index (χ4v) is 3.12. The van der Waals surface area contributed by atoms with E-state index in [-0.39, 0.29) is 17.1 Å². The molecule has 0 aliphatic heterocycles. The third kappa shape index (κ3) is 4.58. The van der Waals surface area contributed by atoms with Gasteiger partial charge in [-0.15, -0.1) is 11.8 Å². The van der Waals surface area contributed by atoms with Crippen molar-refractivity contribution in [2.75, 3.05) is 0 Å². The van der Waals surface area contributed by atoms with Crippen LogP contribution in [0.1, 0.15) is 52.9 Å². The largest absolute Gasteiger partial charge is 0.369 e. The summed E-state index contributed by atoms with van der Waals surface area (Å²) in [5, 5.41) is -0.334. The van der Waals surface area contributed by atoms with Crippen molar-refractivity contribution in [1.29, 1.82) is 0 Å². The molecule has 0 aliphatic carbocycles. The molecule has 0 radical (unpaired) electrons. The van der Waals surface area contributed by atoms with Gasteiger partial charge < -0.3 is 11.5 Å². The molecule has 100 valence electrons. The first kappa shape index (κ1) is 16.3. The molecule has 4 N–H and O–H groups in total. The van der Waals surface area contributed by atoms with Crippen molar-refractivity contribution in [3.63, 3.8) is 0 Å². The normalized spacial score (nSPS) is 16.2. The highest BCUT2D eigenvalue weighted by molar-refractivity contribution is 8.02. The van der Waals surface area contributed by atoms with Crippen LogP contribution < -0.4 is 11.5 Å². The Hall–Kier alpha value is -0.710. The van der Waals surface area contributed by atoms with Crippen molar-refractivity contribution in [1.82, 2.24) is 0 Å². The van der Waals surface area contributed by atoms with Crippen LogP contribution in [0.15, 0.2) is 0 Å². The average Bonchev–Trinajstić information content (AvgIpc) is 2.29.